The molecule has 19 heavy (non-hydrogen) atoms. The van der Waals surface area contributed by atoms with Gasteiger partial charge in [-0.15, -0.1) is 0 Å². The van der Waals surface area contributed by atoms with Crippen LogP contribution in [0.1, 0.15) is 11.4 Å². The molecule has 0 saturated heterocycles. The highest BCUT2D eigenvalue weighted by molar-refractivity contribution is 5.38. The van der Waals surface area contributed by atoms with E-state index in [4.69, 9.17) is 4.74 Å². The smallest absolute Gasteiger partial charge is 0.257 e. The summed E-state index contributed by atoms with van der Waals surface area (Å²) >= 11 is 0. The molecule has 0 saturated carbocycles. The van der Waals surface area contributed by atoms with Gasteiger partial charge in [0.1, 0.15) is 17.2 Å². The monoisotopic (exact) mass is 255 g/mol. The van der Waals surface area contributed by atoms with Gasteiger partial charge in [0.05, 0.1) is 7.11 Å². The highest BCUT2D eigenvalue weighted by atomic mass is 16.5. The number of hydrogen-bond acceptors (Lipinski definition) is 3. The molecule has 0 amide bonds. The zero-order chi connectivity index (χ0) is 13.2. The summed E-state index contributed by atoms with van der Waals surface area (Å²) in [5, 5.41) is 7.06. The molecule has 1 N–H and O–H groups in total. The second kappa shape index (κ2) is 4.61. The Morgan fingerprint density at radius 2 is 2.00 bits per heavy atom. The van der Waals surface area contributed by atoms with Gasteiger partial charge >= 0.3 is 0 Å². The molecule has 0 aliphatic heterocycles. The quantitative estimate of drug-likeness (QED) is 0.773. The number of pyridine rings is 1. The average Bonchev–Trinajstić information content (AvgIpc) is 2.84. The summed E-state index contributed by atoms with van der Waals surface area (Å²) in [4.78, 5) is 11.8. The minimum atomic E-state index is -0.0743. The van der Waals surface area contributed by atoms with Crippen LogP contribution in [-0.2, 0) is 6.42 Å². The second-order valence-electron chi connectivity index (χ2n) is 4.25. The van der Waals surface area contributed by atoms with Gasteiger partial charge in [-0.05, 0) is 23.8 Å². The van der Waals surface area contributed by atoms with Crippen molar-refractivity contribution in [1.82, 2.24) is 14.6 Å². The number of benzene rings is 1. The van der Waals surface area contributed by atoms with Crippen molar-refractivity contribution in [3.05, 3.63) is 64.2 Å². The van der Waals surface area contributed by atoms with Gasteiger partial charge in [-0.25, -0.2) is 4.40 Å². The maximum atomic E-state index is 11.8. The number of rotatable bonds is 3. The Kier molecular flexibility index (Phi) is 2.79. The first kappa shape index (κ1) is 11.5. The van der Waals surface area contributed by atoms with Gasteiger partial charge in [0.2, 0.25) is 0 Å². The third-order valence-corrected chi connectivity index (χ3v) is 3.03. The summed E-state index contributed by atoms with van der Waals surface area (Å²) in [5.74, 6) is 1.51. The number of nitrogens with zero attached hydrogens (tertiary/aromatic N) is 2. The van der Waals surface area contributed by atoms with E-state index in [0.717, 1.165) is 11.3 Å². The number of nitrogens with one attached hydrogen (secondary N) is 1. The number of H-pyrrole nitrogens is 1. The van der Waals surface area contributed by atoms with Gasteiger partial charge in [-0.3, -0.25) is 9.89 Å². The molecule has 96 valence electrons. The predicted octanol–water partition coefficient (Wildman–Crippen LogP) is 1.62. The normalized spacial score (nSPS) is 10.8. The van der Waals surface area contributed by atoms with E-state index < -0.39 is 0 Å². The third kappa shape index (κ3) is 2.10. The van der Waals surface area contributed by atoms with Crippen LogP contribution in [0.25, 0.3) is 5.65 Å². The van der Waals surface area contributed by atoms with E-state index in [1.807, 2.05) is 30.3 Å². The Hall–Kier alpha value is -2.56. The van der Waals surface area contributed by atoms with E-state index in [-0.39, 0.29) is 5.56 Å². The fourth-order valence-corrected chi connectivity index (χ4v) is 2.06. The van der Waals surface area contributed by atoms with E-state index in [9.17, 15) is 4.79 Å². The molecule has 0 unspecified atom stereocenters. The summed E-state index contributed by atoms with van der Waals surface area (Å²) in [6.45, 7) is 0. The van der Waals surface area contributed by atoms with Crippen LogP contribution in [0.5, 0.6) is 5.75 Å². The molecule has 0 aliphatic rings. The van der Waals surface area contributed by atoms with Crippen molar-refractivity contribution < 1.29 is 4.74 Å². The molecule has 1 aromatic carbocycles. The van der Waals surface area contributed by atoms with Crippen LogP contribution in [0, 0.1) is 0 Å². The Morgan fingerprint density at radius 1 is 1.21 bits per heavy atom. The summed E-state index contributed by atoms with van der Waals surface area (Å²) < 4.78 is 6.70. The van der Waals surface area contributed by atoms with Crippen molar-refractivity contribution in [2.45, 2.75) is 6.42 Å². The third-order valence-electron chi connectivity index (χ3n) is 3.03. The molecule has 3 aromatic rings. The average molecular weight is 255 g/mol. The molecule has 0 bridgehead atoms. The highest BCUT2D eigenvalue weighted by Gasteiger charge is 2.07. The van der Waals surface area contributed by atoms with E-state index in [1.54, 1.807) is 17.6 Å². The van der Waals surface area contributed by atoms with Crippen LogP contribution in [-0.4, -0.2) is 21.7 Å². The number of fused-ring (bicyclic) bond motifs is 1. The van der Waals surface area contributed by atoms with Crippen molar-refractivity contribution in [2.75, 3.05) is 7.11 Å². The van der Waals surface area contributed by atoms with Gasteiger partial charge < -0.3 is 4.74 Å². The molecule has 0 aliphatic carbocycles. The van der Waals surface area contributed by atoms with Gasteiger partial charge in [0, 0.05) is 12.5 Å². The molecule has 2 heterocycles. The highest BCUT2D eigenvalue weighted by Crippen LogP contribution is 2.14. The summed E-state index contributed by atoms with van der Waals surface area (Å²) in [6, 6.07) is 12.8. The fraction of sp³-hybridized carbons (Fsp3) is 0.143. The molecule has 2 aromatic heterocycles. The topological polar surface area (TPSA) is 59.4 Å². The predicted molar refractivity (Wildman–Crippen MR) is 71.6 cm³/mol. The van der Waals surface area contributed by atoms with Crippen molar-refractivity contribution in [2.24, 2.45) is 0 Å². The van der Waals surface area contributed by atoms with E-state index in [1.165, 1.54) is 6.07 Å². The largest absolute Gasteiger partial charge is 0.497 e. The summed E-state index contributed by atoms with van der Waals surface area (Å²) in [5.41, 5.74) is 1.70. The molecule has 0 fully saturated rings. The lowest BCUT2D eigenvalue weighted by molar-refractivity contribution is 0.414. The summed E-state index contributed by atoms with van der Waals surface area (Å²) in [7, 11) is 1.63. The van der Waals surface area contributed by atoms with E-state index in [2.05, 4.69) is 10.2 Å². The summed E-state index contributed by atoms with van der Waals surface area (Å²) in [6.07, 6.45) is 0.591. The maximum Gasteiger partial charge on any atom is 0.257 e. The minimum absolute atomic E-state index is 0.0743. The molecule has 5 heteroatoms. The first-order valence-electron chi connectivity index (χ1n) is 5.96. The second-order valence-corrected chi connectivity index (χ2v) is 4.25. The van der Waals surface area contributed by atoms with Crippen LogP contribution in [0.15, 0.2) is 47.3 Å². The van der Waals surface area contributed by atoms with Crippen molar-refractivity contribution in [3.63, 3.8) is 0 Å². The van der Waals surface area contributed by atoms with Gasteiger partial charge in [0.25, 0.3) is 5.56 Å². The Labute approximate surface area is 109 Å². The maximum absolute atomic E-state index is 11.8. The van der Waals surface area contributed by atoms with Crippen molar-refractivity contribution in [3.8, 4) is 5.75 Å². The van der Waals surface area contributed by atoms with Crippen molar-refractivity contribution in [1.29, 1.82) is 0 Å². The Morgan fingerprint density at radius 3 is 2.74 bits per heavy atom. The molecule has 0 atom stereocenters. The van der Waals surface area contributed by atoms with Crippen LogP contribution in [0.2, 0.25) is 0 Å². The minimum Gasteiger partial charge on any atom is -0.497 e. The van der Waals surface area contributed by atoms with E-state index in [0.29, 0.717) is 17.9 Å². The lowest BCUT2D eigenvalue weighted by Gasteiger charge is -2.02. The lowest BCUT2D eigenvalue weighted by Crippen LogP contribution is -2.13. The standard InChI is InChI=1S/C14H13N3O2/c1-19-11-7-5-10(6-8-11)9-13-16-15-12-3-2-4-14(18)17(12)13/h2-8,15H,9H2,1H3. The van der Waals surface area contributed by atoms with Gasteiger partial charge in [-0.1, -0.05) is 18.2 Å². The van der Waals surface area contributed by atoms with E-state index >= 15 is 0 Å². The fourth-order valence-electron chi connectivity index (χ4n) is 2.06. The van der Waals surface area contributed by atoms with Crippen LogP contribution in [0.3, 0.4) is 0 Å². The molecule has 3 rings (SSSR count). The Balaban J connectivity index is 1.98. The van der Waals surface area contributed by atoms with Crippen LogP contribution >= 0.6 is 0 Å². The van der Waals surface area contributed by atoms with Gasteiger partial charge in [-0.2, -0.15) is 5.10 Å². The number of aromatic nitrogens is 3. The first-order chi connectivity index (χ1) is 9.28. The van der Waals surface area contributed by atoms with Gasteiger partial charge in [0.15, 0.2) is 0 Å². The SMILES string of the molecule is COc1ccc(Cc2n[nH]c3cccc(=O)n23)cc1. The lowest BCUT2D eigenvalue weighted by atomic mass is 10.1. The molecular formula is C14H13N3O2. The number of methoxy groups -OCH3 is 1. The van der Waals surface area contributed by atoms with Crippen LogP contribution < -0.4 is 10.3 Å². The molecule has 0 spiro atoms. The number of aromatic amines is 1. The molecular weight excluding hydrogens is 242 g/mol. The van der Waals surface area contributed by atoms with Crippen LogP contribution in [0.4, 0.5) is 0 Å². The zero-order valence-electron chi connectivity index (χ0n) is 10.5. The first-order valence-corrected chi connectivity index (χ1v) is 5.96. The number of ether oxygens (including phenoxy) is 1. The molecule has 0 radical (unpaired) electrons. The van der Waals surface area contributed by atoms with Crippen molar-refractivity contribution >= 4 is 5.65 Å². The zero-order valence-corrected chi connectivity index (χ0v) is 10.5. The Bertz CT molecular complexity index is 756. The number of hydrogen-bond donors (Lipinski definition) is 1. The molecule has 5 nitrogen and oxygen atoms in total.